The summed E-state index contributed by atoms with van der Waals surface area (Å²) >= 11 is 0. The molecular weight excluding hydrogens is 128 g/mol. The summed E-state index contributed by atoms with van der Waals surface area (Å²) in [5.74, 6) is 0.692. The standard InChI is InChI=1S/C7H16N2O/c8-3-1-2-7-4-9-6-10-5-7/h7,9H,1-6,8H2. The summed E-state index contributed by atoms with van der Waals surface area (Å²) in [7, 11) is 0. The second kappa shape index (κ2) is 4.66. The molecule has 1 saturated heterocycles. The van der Waals surface area contributed by atoms with E-state index >= 15 is 0 Å². The van der Waals surface area contributed by atoms with Crippen molar-refractivity contribution in [2.24, 2.45) is 11.7 Å². The molecule has 0 aromatic rings. The van der Waals surface area contributed by atoms with Crippen LogP contribution in [0.15, 0.2) is 0 Å². The lowest BCUT2D eigenvalue weighted by atomic mass is 10.0. The van der Waals surface area contributed by atoms with E-state index in [1.54, 1.807) is 0 Å². The monoisotopic (exact) mass is 144 g/mol. The van der Waals surface area contributed by atoms with Gasteiger partial charge in [0.25, 0.3) is 0 Å². The summed E-state index contributed by atoms with van der Waals surface area (Å²) in [5.41, 5.74) is 5.38. The van der Waals surface area contributed by atoms with Crippen molar-refractivity contribution >= 4 is 0 Å². The molecule has 0 bridgehead atoms. The van der Waals surface area contributed by atoms with Crippen molar-refractivity contribution in [3.63, 3.8) is 0 Å². The average Bonchev–Trinajstić information content (AvgIpc) is 2.03. The summed E-state index contributed by atoms with van der Waals surface area (Å²) in [6.45, 7) is 3.53. The molecule has 1 fully saturated rings. The van der Waals surface area contributed by atoms with Crippen LogP contribution in [0.2, 0.25) is 0 Å². The van der Waals surface area contributed by atoms with Crippen LogP contribution in [0.4, 0.5) is 0 Å². The van der Waals surface area contributed by atoms with Crippen molar-refractivity contribution < 1.29 is 4.74 Å². The maximum atomic E-state index is 5.38. The summed E-state index contributed by atoms with van der Waals surface area (Å²) in [4.78, 5) is 0. The zero-order valence-corrected chi connectivity index (χ0v) is 6.31. The van der Waals surface area contributed by atoms with E-state index in [1.165, 1.54) is 6.42 Å². The van der Waals surface area contributed by atoms with E-state index in [9.17, 15) is 0 Å². The topological polar surface area (TPSA) is 47.3 Å². The van der Waals surface area contributed by atoms with E-state index in [4.69, 9.17) is 10.5 Å². The fourth-order valence-electron chi connectivity index (χ4n) is 1.21. The highest BCUT2D eigenvalue weighted by atomic mass is 16.5. The van der Waals surface area contributed by atoms with Gasteiger partial charge in [0, 0.05) is 6.54 Å². The molecule has 0 spiro atoms. The fourth-order valence-corrected chi connectivity index (χ4v) is 1.21. The molecule has 1 atom stereocenters. The Hall–Kier alpha value is -0.120. The lowest BCUT2D eigenvalue weighted by Gasteiger charge is -2.22. The molecule has 3 nitrogen and oxygen atoms in total. The Kier molecular flexibility index (Phi) is 3.72. The zero-order valence-electron chi connectivity index (χ0n) is 6.31. The van der Waals surface area contributed by atoms with Crippen LogP contribution in [-0.2, 0) is 4.74 Å². The Labute approximate surface area is 61.9 Å². The number of nitrogens with one attached hydrogen (secondary N) is 1. The molecule has 1 unspecified atom stereocenters. The fraction of sp³-hybridized carbons (Fsp3) is 1.00. The average molecular weight is 144 g/mol. The molecule has 0 saturated carbocycles. The van der Waals surface area contributed by atoms with Crippen LogP contribution in [-0.4, -0.2) is 26.4 Å². The Balaban J connectivity index is 2.02. The highest BCUT2D eigenvalue weighted by Gasteiger charge is 2.11. The van der Waals surface area contributed by atoms with Crippen molar-refractivity contribution in [2.45, 2.75) is 12.8 Å². The molecule has 1 aliphatic rings. The van der Waals surface area contributed by atoms with Gasteiger partial charge in [-0.15, -0.1) is 0 Å². The summed E-state index contributed by atoms with van der Waals surface area (Å²) in [6, 6.07) is 0. The minimum absolute atomic E-state index is 0.692. The van der Waals surface area contributed by atoms with Crippen LogP contribution in [0.5, 0.6) is 0 Å². The normalized spacial score (nSPS) is 26.7. The number of hydrogen-bond donors (Lipinski definition) is 2. The number of rotatable bonds is 3. The molecule has 1 aliphatic heterocycles. The first-order valence-corrected chi connectivity index (χ1v) is 3.92. The summed E-state index contributed by atoms with van der Waals surface area (Å²) in [5, 5.41) is 3.18. The quantitative estimate of drug-likeness (QED) is 0.582. The van der Waals surface area contributed by atoms with Gasteiger partial charge in [-0.2, -0.15) is 0 Å². The van der Waals surface area contributed by atoms with Gasteiger partial charge in [0.05, 0.1) is 13.3 Å². The van der Waals surface area contributed by atoms with E-state index in [2.05, 4.69) is 5.32 Å². The van der Waals surface area contributed by atoms with Crippen LogP contribution in [0, 0.1) is 5.92 Å². The maximum absolute atomic E-state index is 5.38. The van der Waals surface area contributed by atoms with E-state index in [0.717, 1.165) is 32.8 Å². The molecule has 1 rings (SSSR count). The van der Waals surface area contributed by atoms with Crippen LogP contribution in [0.1, 0.15) is 12.8 Å². The van der Waals surface area contributed by atoms with Crippen molar-refractivity contribution in [3.05, 3.63) is 0 Å². The van der Waals surface area contributed by atoms with E-state index in [1.807, 2.05) is 0 Å². The molecule has 0 aromatic carbocycles. The summed E-state index contributed by atoms with van der Waals surface area (Å²) in [6.07, 6.45) is 2.32. The predicted molar refractivity (Wildman–Crippen MR) is 40.6 cm³/mol. The van der Waals surface area contributed by atoms with Gasteiger partial charge in [0.15, 0.2) is 0 Å². The van der Waals surface area contributed by atoms with Gasteiger partial charge >= 0.3 is 0 Å². The smallest absolute Gasteiger partial charge is 0.0965 e. The third-order valence-electron chi connectivity index (χ3n) is 1.81. The van der Waals surface area contributed by atoms with Gasteiger partial charge in [-0.05, 0) is 25.3 Å². The van der Waals surface area contributed by atoms with Crippen LogP contribution >= 0.6 is 0 Å². The van der Waals surface area contributed by atoms with E-state index in [0.29, 0.717) is 5.92 Å². The van der Waals surface area contributed by atoms with E-state index in [-0.39, 0.29) is 0 Å². The Bertz CT molecular complexity index is 81.7. The minimum atomic E-state index is 0.692. The minimum Gasteiger partial charge on any atom is -0.366 e. The SMILES string of the molecule is NCCCC1CNCOC1. The van der Waals surface area contributed by atoms with Crippen molar-refractivity contribution in [2.75, 3.05) is 26.4 Å². The first-order valence-electron chi connectivity index (χ1n) is 3.92. The lowest BCUT2D eigenvalue weighted by Crippen LogP contribution is -2.34. The van der Waals surface area contributed by atoms with Crippen molar-refractivity contribution in [1.29, 1.82) is 0 Å². The second-order valence-electron chi connectivity index (χ2n) is 2.77. The molecule has 1 heterocycles. The van der Waals surface area contributed by atoms with Gasteiger partial charge in [-0.3, -0.25) is 5.32 Å². The Morgan fingerprint density at radius 3 is 3.10 bits per heavy atom. The highest BCUT2D eigenvalue weighted by molar-refractivity contribution is 4.64. The third kappa shape index (κ3) is 2.64. The Morgan fingerprint density at radius 2 is 2.50 bits per heavy atom. The zero-order chi connectivity index (χ0) is 7.23. The summed E-state index contributed by atoms with van der Waals surface area (Å²) < 4.78 is 5.23. The van der Waals surface area contributed by atoms with Crippen molar-refractivity contribution in [1.82, 2.24) is 5.32 Å². The van der Waals surface area contributed by atoms with Gasteiger partial charge in [-0.25, -0.2) is 0 Å². The molecule has 0 radical (unpaired) electrons. The van der Waals surface area contributed by atoms with E-state index < -0.39 is 0 Å². The first-order chi connectivity index (χ1) is 4.93. The number of hydrogen-bond acceptors (Lipinski definition) is 3. The van der Waals surface area contributed by atoms with Crippen LogP contribution < -0.4 is 11.1 Å². The molecular formula is C7H16N2O. The Morgan fingerprint density at radius 1 is 1.60 bits per heavy atom. The van der Waals surface area contributed by atoms with Crippen LogP contribution in [0.25, 0.3) is 0 Å². The lowest BCUT2D eigenvalue weighted by molar-refractivity contribution is 0.0427. The largest absolute Gasteiger partial charge is 0.366 e. The second-order valence-corrected chi connectivity index (χ2v) is 2.77. The number of ether oxygens (including phenoxy) is 1. The van der Waals surface area contributed by atoms with Gasteiger partial charge in [0.2, 0.25) is 0 Å². The molecule has 3 N–H and O–H groups in total. The molecule has 10 heavy (non-hydrogen) atoms. The number of nitrogens with two attached hydrogens (primary N) is 1. The van der Waals surface area contributed by atoms with Crippen molar-refractivity contribution in [3.8, 4) is 0 Å². The molecule has 3 heteroatoms. The van der Waals surface area contributed by atoms with Gasteiger partial charge < -0.3 is 10.5 Å². The molecule has 60 valence electrons. The predicted octanol–water partition coefficient (Wildman–Crippen LogP) is -0.0812. The van der Waals surface area contributed by atoms with Gasteiger partial charge in [0.1, 0.15) is 0 Å². The molecule has 0 aliphatic carbocycles. The maximum Gasteiger partial charge on any atom is 0.0965 e. The molecule has 0 aromatic heterocycles. The van der Waals surface area contributed by atoms with Crippen LogP contribution in [0.3, 0.4) is 0 Å². The molecule has 0 amide bonds. The third-order valence-corrected chi connectivity index (χ3v) is 1.81. The van der Waals surface area contributed by atoms with Gasteiger partial charge in [-0.1, -0.05) is 0 Å². The first kappa shape index (κ1) is 7.98. The highest BCUT2D eigenvalue weighted by Crippen LogP contribution is 2.07.